The largest absolute Gasteiger partial charge is 0.333 e. The molecule has 1 atom stereocenters. The number of carbonyl (C=O) groups excluding carboxylic acids is 1. The van der Waals surface area contributed by atoms with Crippen LogP contribution in [0.2, 0.25) is 0 Å². The molecule has 3 aromatic rings. The van der Waals surface area contributed by atoms with E-state index in [1.54, 1.807) is 6.33 Å². The van der Waals surface area contributed by atoms with Gasteiger partial charge in [0.25, 0.3) is 0 Å². The zero-order valence-corrected chi connectivity index (χ0v) is 17.6. The maximum Gasteiger partial charge on any atom is 0.243 e. The number of halogens is 2. The van der Waals surface area contributed by atoms with Crippen LogP contribution < -0.4 is 11.1 Å². The number of aromatic nitrogens is 3. The third-order valence-electron chi connectivity index (χ3n) is 4.41. The van der Waals surface area contributed by atoms with Gasteiger partial charge in [-0.3, -0.25) is 4.79 Å². The summed E-state index contributed by atoms with van der Waals surface area (Å²) in [5.41, 5.74) is 9.14. The van der Waals surface area contributed by atoms with Crippen molar-refractivity contribution in [3.05, 3.63) is 65.2 Å². The molecular weight excluding hydrogens is 417 g/mol. The van der Waals surface area contributed by atoms with Crippen molar-refractivity contribution in [2.45, 2.75) is 37.8 Å². The average Bonchev–Trinajstić information content (AvgIpc) is 3.24. The molecule has 0 radical (unpaired) electrons. The first-order valence-electron chi connectivity index (χ1n) is 8.74. The van der Waals surface area contributed by atoms with E-state index >= 15 is 0 Å². The minimum Gasteiger partial charge on any atom is -0.333 e. The number of nitrogens with two attached hydrogens (primary N) is 1. The number of anilines is 1. The summed E-state index contributed by atoms with van der Waals surface area (Å²) in [6.07, 6.45) is 6.50. The highest BCUT2D eigenvalue weighted by molar-refractivity contribution is 7.13. The lowest BCUT2D eigenvalue weighted by atomic mass is 10.1. The Hall–Kier alpha value is -1.93. The fourth-order valence-electron chi connectivity index (χ4n) is 2.82. The number of hydrogen-bond donors (Lipinski definition) is 2. The van der Waals surface area contributed by atoms with Crippen molar-refractivity contribution in [1.82, 2.24) is 14.5 Å². The molecule has 4 rings (SSSR count). The third kappa shape index (κ3) is 5.78. The maximum absolute atomic E-state index is 12.3. The van der Waals surface area contributed by atoms with Gasteiger partial charge in [-0.15, -0.1) is 36.2 Å². The van der Waals surface area contributed by atoms with Gasteiger partial charge in [0.05, 0.1) is 23.8 Å². The Morgan fingerprint density at radius 3 is 2.75 bits per heavy atom. The predicted octanol–water partition coefficient (Wildman–Crippen LogP) is 3.62. The molecule has 0 spiro atoms. The van der Waals surface area contributed by atoms with Gasteiger partial charge in [-0.1, -0.05) is 30.3 Å². The molecule has 0 unspecified atom stereocenters. The van der Waals surface area contributed by atoms with E-state index in [1.807, 2.05) is 34.3 Å². The standard InChI is InChI=1S/C19H21N5OS.2ClH/c20-16(18(25)23-19-22-17(11-26-19)14-6-7-14)8-15-10-24(12-21-15)9-13-4-2-1-3-5-13;;/h1-5,10-12,14,16H,6-9,20H2,(H,22,23,25);2*1H/t16-;;/m0../s1. The number of nitrogens with zero attached hydrogens (tertiary/aromatic N) is 3. The van der Waals surface area contributed by atoms with Crippen LogP contribution in [0.25, 0.3) is 0 Å². The highest BCUT2D eigenvalue weighted by Gasteiger charge is 2.26. The van der Waals surface area contributed by atoms with Crippen LogP contribution >= 0.6 is 36.2 Å². The molecule has 6 nitrogen and oxygen atoms in total. The van der Waals surface area contributed by atoms with Crippen LogP contribution in [0.5, 0.6) is 0 Å². The first kappa shape index (κ1) is 22.4. The molecule has 3 N–H and O–H groups in total. The van der Waals surface area contributed by atoms with Gasteiger partial charge in [-0.05, 0) is 18.4 Å². The molecule has 2 heterocycles. The van der Waals surface area contributed by atoms with E-state index < -0.39 is 6.04 Å². The van der Waals surface area contributed by atoms with Crippen LogP contribution in [0, 0.1) is 0 Å². The van der Waals surface area contributed by atoms with Crippen molar-refractivity contribution in [3.63, 3.8) is 0 Å². The summed E-state index contributed by atoms with van der Waals surface area (Å²) in [7, 11) is 0. The zero-order chi connectivity index (χ0) is 17.9. The second-order valence-electron chi connectivity index (χ2n) is 6.67. The lowest BCUT2D eigenvalue weighted by molar-refractivity contribution is -0.117. The van der Waals surface area contributed by atoms with Gasteiger partial charge in [-0.2, -0.15) is 0 Å². The Labute approximate surface area is 180 Å². The van der Waals surface area contributed by atoms with Crippen LogP contribution in [0.1, 0.15) is 35.7 Å². The highest BCUT2D eigenvalue weighted by Crippen LogP contribution is 2.40. The summed E-state index contributed by atoms with van der Waals surface area (Å²) in [4.78, 5) is 21.1. The van der Waals surface area contributed by atoms with E-state index in [2.05, 4.69) is 27.4 Å². The van der Waals surface area contributed by atoms with Crippen molar-refractivity contribution in [3.8, 4) is 0 Å². The Bertz CT molecular complexity index is 895. The van der Waals surface area contributed by atoms with Crippen molar-refractivity contribution in [1.29, 1.82) is 0 Å². The lowest BCUT2D eigenvalue weighted by Crippen LogP contribution is -2.37. The van der Waals surface area contributed by atoms with E-state index in [1.165, 1.54) is 29.7 Å². The van der Waals surface area contributed by atoms with Crippen molar-refractivity contribution < 1.29 is 4.79 Å². The number of benzene rings is 1. The monoisotopic (exact) mass is 439 g/mol. The van der Waals surface area contributed by atoms with Crippen LogP contribution in [-0.2, 0) is 17.8 Å². The second kappa shape index (κ2) is 10.0. The Kier molecular flexibility index (Phi) is 8.00. The van der Waals surface area contributed by atoms with E-state index in [-0.39, 0.29) is 30.7 Å². The van der Waals surface area contributed by atoms with Crippen LogP contribution in [0.4, 0.5) is 5.13 Å². The molecule has 1 amide bonds. The van der Waals surface area contributed by atoms with E-state index in [0.717, 1.165) is 17.9 Å². The molecule has 28 heavy (non-hydrogen) atoms. The van der Waals surface area contributed by atoms with E-state index in [0.29, 0.717) is 17.5 Å². The number of thiazole rings is 1. The average molecular weight is 440 g/mol. The summed E-state index contributed by atoms with van der Waals surface area (Å²) in [6.45, 7) is 0.748. The molecule has 9 heteroatoms. The van der Waals surface area contributed by atoms with Gasteiger partial charge >= 0.3 is 0 Å². The fourth-order valence-corrected chi connectivity index (χ4v) is 3.61. The SMILES string of the molecule is Cl.Cl.N[C@@H](Cc1cn(Cc2ccccc2)cn1)C(=O)Nc1nc(C2CC2)cs1. The summed E-state index contributed by atoms with van der Waals surface area (Å²) >= 11 is 1.46. The molecule has 1 aliphatic rings. The Morgan fingerprint density at radius 1 is 1.29 bits per heavy atom. The van der Waals surface area contributed by atoms with Gasteiger partial charge in [-0.25, -0.2) is 9.97 Å². The molecule has 0 bridgehead atoms. The van der Waals surface area contributed by atoms with Crippen molar-refractivity contribution >= 4 is 47.2 Å². The number of amides is 1. The van der Waals surface area contributed by atoms with Crippen LogP contribution in [0.15, 0.2) is 48.2 Å². The first-order valence-corrected chi connectivity index (χ1v) is 9.62. The zero-order valence-electron chi connectivity index (χ0n) is 15.2. The normalized spacial score (nSPS) is 13.9. The third-order valence-corrected chi connectivity index (χ3v) is 5.18. The molecule has 1 fully saturated rings. The Balaban J connectivity index is 0.00000140. The van der Waals surface area contributed by atoms with Gasteiger partial charge in [0, 0.05) is 30.5 Å². The molecule has 0 saturated heterocycles. The molecule has 2 aromatic heterocycles. The highest BCUT2D eigenvalue weighted by atomic mass is 35.5. The van der Waals surface area contributed by atoms with Crippen molar-refractivity contribution in [2.24, 2.45) is 5.73 Å². The number of rotatable bonds is 7. The molecule has 1 aromatic carbocycles. The predicted molar refractivity (Wildman–Crippen MR) is 117 cm³/mol. The Morgan fingerprint density at radius 2 is 2.04 bits per heavy atom. The second-order valence-corrected chi connectivity index (χ2v) is 7.53. The van der Waals surface area contributed by atoms with Crippen molar-refractivity contribution in [2.75, 3.05) is 5.32 Å². The van der Waals surface area contributed by atoms with E-state index in [4.69, 9.17) is 5.73 Å². The summed E-state index contributed by atoms with van der Waals surface area (Å²) < 4.78 is 2.00. The smallest absolute Gasteiger partial charge is 0.243 e. The number of imidazole rings is 1. The molecule has 1 aliphatic carbocycles. The van der Waals surface area contributed by atoms with Gasteiger partial charge in [0.2, 0.25) is 5.91 Å². The molecule has 150 valence electrons. The molecule has 0 aliphatic heterocycles. The minimum atomic E-state index is -0.650. The topological polar surface area (TPSA) is 85.8 Å². The quantitative estimate of drug-likeness (QED) is 0.588. The number of nitrogens with one attached hydrogen (secondary N) is 1. The molecule has 1 saturated carbocycles. The summed E-state index contributed by atoms with van der Waals surface area (Å²) in [6, 6.07) is 9.52. The van der Waals surface area contributed by atoms with Gasteiger partial charge in [0.15, 0.2) is 5.13 Å². The first-order chi connectivity index (χ1) is 12.7. The molecular formula is C19H23Cl2N5OS. The minimum absolute atomic E-state index is 0. The van der Waals surface area contributed by atoms with Gasteiger partial charge in [0.1, 0.15) is 0 Å². The fraction of sp³-hybridized carbons (Fsp3) is 0.316. The number of hydrogen-bond acceptors (Lipinski definition) is 5. The lowest BCUT2D eigenvalue weighted by Gasteiger charge is -2.09. The van der Waals surface area contributed by atoms with E-state index in [9.17, 15) is 4.79 Å². The van der Waals surface area contributed by atoms with Gasteiger partial charge < -0.3 is 15.6 Å². The maximum atomic E-state index is 12.3. The summed E-state index contributed by atoms with van der Waals surface area (Å²) in [5, 5.41) is 5.47. The number of carbonyl (C=O) groups is 1. The van der Waals surface area contributed by atoms with Crippen LogP contribution in [-0.4, -0.2) is 26.5 Å². The van der Waals surface area contributed by atoms with Crippen LogP contribution in [0.3, 0.4) is 0 Å². The summed E-state index contributed by atoms with van der Waals surface area (Å²) in [5.74, 6) is 0.360.